The molecule has 0 aliphatic heterocycles. The van der Waals surface area contributed by atoms with Gasteiger partial charge in [-0.15, -0.1) is 0 Å². The molecule has 8 heteroatoms. The Morgan fingerprint density at radius 2 is 2.05 bits per heavy atom. The van der Waals surface area contributed by atoms with Crippen LogP contribution in [0.3, 0.4) is 0 Å². The summed E-state index contributed by atoms with van der Waals surface area (Å²) in [4.78, 5) is 11.6. The first-order chi connectivity index (χ1) is 9.39. The second kappa shape index (κ2) is 6.13. The fourth-order valence-corrected chi connectivity index (χ4v) is 3.81. The Labute approximate surface area is 122 Å². The van der Waals surface area contributed by atoms with Gasteiger partial charge in [0.15, 0.2) is 5.69 Å². The van der Waals surface area contributed by atoms with Crippen LogP contribution in [0.5, 0.6) is 0 Å². The van der Waals surface area contributed by atoms with E-state index in [4.69, 9.17) is 15.4 Å². The number of nitrogens with zero attached hydrogens (tertiary/aromatic N) is 1. The molecule has 0 unspecified atom stereocenters. The van der Waals surface area contributed by atoms with Crippen LogP contribution in [0.1, 0.15) is 48.3 Å². The van der Waals surface area contributed by atoms with Gasteiger partial charge in [-0.05, 0) is 25.7 Å². The molecule has 1 aromatic heterocycles. The lowest BCUT2D eigenvalue weighted by molar-refractivity contribution is 0.0399. The third kappa shape index (κ3) is 3.52. The number of aromatic nitrogens is 2. The van der Waals surface area contributed by atoms with E-state index in [2.05, 4.69) is 10.2 Å². The number of carbonyl (C=O) groups excluding carboxylic acids is 1. The zero-order valence-electron chi connectivity index (χ0n) is 11.2. The van der Waals surface area contributed by atoms with E-state index in [1.165, 1.54) is 13.3 Å². The van der Waals surface area contributed by atoms with Gasteiger partial charge in [0.25, 0.3) is 9.05 Å². The van der Waals surface area contributed by atoms with Crippen LogP contribution >= 0.6 is 10.7 Å². The summed E-state index contributed by atoms with van der Waals surface area (Å²) in [6.45, 7) is 1.78. The number of hydrogen-bond acceptors (Lipinski definition) is 5. The van der Waals surface area contributed by atoms with E-state index in [9.17, 15) is 13.2 Å². The van der Waals surface area contributed by atoms with Crippen molar-refractivity contribution in [2.45, 2.75) is 43.9 Å². The maximum absolute atomic E-state index is 11.9. The SMILES string of the molecule is Cc1[nH]nc(C(=O)OCC2CCCCC2)c1S(=O)(=O)Cl. The maximum atomic E-state index is 11.9. The van der Waals surface area contributed by atoms with Gasteiger partial charge in [-0.1, -0.05) is 19.3 Å². The van der Waals surface area contributed by atoms with E-state index in [-0.39, 0.29) is 16.3 Å². The maximum Gasteiger partial charge on any atom is 0.360 e. The van der Waals surface area contributed by atoms with Crippen molar-refractivity contribution in [2.24, 2.45) is 5.92 Å². The number of hydrogen-bond donors (Lipinski definition) is 1. The number of carbonyl (C=O) groups is 1. The van der Waals surface area contributed by atoms with E-state index in [1.54, 1.807) is 0 Å². The average molecular weight is 321 g/mol. The molecular formula is C12H17ClN2O4S. The second-order valence-corrected chi connectivity index (χ2v) is 7.57. The molecule has 0 radical (unpaired) electrons. The number of ether oxygens (including phenoxy) is 1. The van der Waals surface area contributed by atoms with E-state index < -0.39 is 15.0 Å². The molecule has 1 aromatic rings. The topological polar surface area (TPSA) is 89.1 Å². The molecule has 0 atom stereocenters. The molecule has 0 saturated heterocycles. The van der Waals surface area contributed by atoms with Gasteiger partial charge in [0.2, 0.25) is 0 Å². The number of esters is 1. The van der Waals surface area contributed by atoms with E-state index in [1.807, 2.05) is 0 Å². The van der Waals surface area contributed by atoms with Crippen LogP contribution in [0.15, 0.2) is 4.90 Å². The third-order valence-corrected chi connectivity index (χ3v) is 4.95. The van der Waals surface area contributed by atoms with Gasteiger partial charge in [-0.3, -0.25) is 5.10 Å². The molecule has 20 heavy (non-hydrogen) atoms. The summed E-state index contributed by atoms with van der Waals surface area (Å²) in [5.74, 6) is -0.400. The normalized spacial score (nSPS) is 17.1. The Bertz CT molecular complexity index is 591. The first-order valence-electron chi connectivity index (χ1n) is 6.56. The molecule has 1 N–H and O–H groups in total. The van der Waals surface area contributed by atoms with Gasteiger partial charge < -0.3 is 4.74 Å². The Kier molecular flexibility index (Phi) is 4.70. The fourth-order valence-electron chi connectivity index (χ4n) is 2.47. The fraction of sp³-hybridized carbons (Fsp3) is 0.667. The highest BCUT2D eigenvalue weighted by Crippen LogP contribution is 2.25. The highest BCUT2D eigenvalue weighted by molar-refractivity contribution is 8.13. The summed E-state index contributed by atoms with van der Waals surface area (Å²) in [6, 6.07) is 0. The lowest BCUT2D eigenvalue weighted by Crippen LogP contribution is -2.18. The van der Waals surface area contributed by atoms with Gasteiger partial charge in [0.1, 0.15) is 4.90 Å². The van der Waals surface area contributed by atoms with Gasteiger partial charge >= 0.3 is 5.97 Å². The van der Waals surface area contributed by atoms with Crippen molar-refractivity contribution >= 4 is 25.7 Å². The van der Waals surface area contributed by atoms with Crippen LogP contribution < -0.4 is 0 Å². The van der Waals surface area contributed by atoms with Crippen molar-refractivity contribution in [3.63, 3.8) is 0 Å². The Hall–Kier alpha value is -1.08. The molecule has 112 valence electrons. The van der Waals surface area contributed by atoms with Crippen LogP contribution in [0, 0.1) is 12.8 Å². The molecule has 0 amide bonds. The molecule has 1 aliphatic rings. The molecule has 0 bridgehead atoms. The number of H-pyrrole nitrogens is 1. The summed E-state index contributed by atoms with van der Waals surface area (Å²) in [5.41, 5.74) is -0.0436. The van der Waals surface area contributed by atoms with Crippen LogP contribution in [0.4, 0.5) is 0 Å². The first kappa shape index (κ1) is 15.3. The van der Waals surface area contributed by atoms with Crippen molar-refractivity contribution < 1.29 is 17.9 Å². The number of halogens is 1. The zero-order valence-corrected chi connectivity index (χ0v) is 12.8. The monoisotopic (exact) mass is 320 g/mol. The second-order valence-electron chi connectivity index (χ2n) is 5.07. The van der Waals surface area contributed by atoms with Crippen molar-refractivity contribution in [3.05, 3.63) is 11.4 Å². The summed E-state index contributed by atoms with van der Waals surface area (Å²) in [6.07, 6.45) is 5.58. The van der Waals surface area contributed by atoms with Crippen LogP contribution in [0.25, 0.3) is 0 Å². The third-order valence-electron chi connectivity index (χ3n) is 3.50. The smallest absolute Gasteiger partial charge is 0.360 e. The van der Waals surface area contributed by atoms with Gasteiger partial charge in [-0.25, -0.2) is 13.2 Å². The highest BCUT2D eigenvalue weighted by Gasteiger charge is 2.28. The lowest BCUT2D eigenvalue weighted by atomic mass is 9.90. The van der Waals surface area contributed by atoms with Crippen molar-refractivity contribution in [2.75, 3.05) is 6.61 Å². The lowest BCUT2D eigenvalue weighted by Gasteiger charge is -2.20. The molecule has 0 spiro atoms. The Morgan fingerprint density at radius 3 is 2.65 bits per heavy atom. The standard InChI is InChI=1S/C12H17ClN2O4S/c1-8-11(20(13,17)18)10(15-14-8)12(16)19-7-9-5-3-2-4-6-9/h9H,2-7H2,1H3,(H,14,15). The number of nitrogens with one attached hydrogen (secondary N) is 1. The van der Waals surface area contributed by atoms with Crippen molar-refractivity contribution in [1.82, 2.24) is 10.2 Å². The van der Waals surface area contributed by atoms with Crippen LogP contribution in [0.2, 0.25) is 0 Å². The van der Waals surface area contributed by atoms with Crippen molar-refractivity contribution in [3.8, 4) is 0 Å². The molecule has 1 aliphatic carbocycles. The molecule has 6 nitrogen and oxygen atoms in total. The van der Waals surface area contributed by atoms with Gasteiger partial charge in [0, 0.05) is 10.7 Å². The Balaban J connectivity index is 2.06. The molecular weight excluding hydrogens is 304 g/mol. The first-order valence-corrected chi connectivity index (χ1v) is 8.87. The minimum atomic E-state index is -4.03. The summed E-state index contributed by atoms with van der Waals surface area (Å²) in [5, 5.41) is 6.13. The van der Waals surface area contributed by atoms with E-state index in [0.29, 0.717) is 12.5 Å². The number of aryl methyl sites for hydroxylation is 1. The zero-order chi connectivity index (χ0) is 14.8. The predicted octanol–water partition coefficient (Wildman–Crippen LogP) is 2.38. The summed E-state index contributed by atoms with van der Waals surface area (Å²) >= 11 is 0. The van der Waals surface area contributed by atoms with Crippen LogP contribution in [-0.2, 0) is 13.8 Å². The van der Waals surface area contributed by atoms with Gasteiger partial charge in [0.05, 0.1) is 12.3 Å². The molecule has 1 saturated carbocycles. The number of rotatable bonds is 4. The minimum Gasteiger partial charge on any atom is -0.461 e. The molecule has 1 heterocycles. The summed E-state index contributed by atoms with van der Waals surface area (Å²) in [7, 11) is 1.28. The van der Waals surface area contributed by atoms with Crippen LogP contribution in [-0.4, -0.2) is 31.2 Å². The molecule has 2 rings (SSSR count). The van der Waals surface area contributed by atoms with Crippen molar-refractivity contribution in [1.29, 1.82) is 0 Å². The average Bonchev–Trinajstić information content (AvgIpc) is 2.79. The largest absolute Gasteiger partial charge is 0.461 e. The van der Waals surface area contributed by atoms with E-state index in [0.717, 1.165) is 25.7 Å². The highest BCUT2D eigenvalue weighted by atomic mass is 35.7. The molecule has 0 aromatic carbocycles. The number of aromatic amines is 1. The van der Waals surface area contributed by atoms with E-state index >= 15 is 0 Å². The summed E-state index contributed by atoms with van der Waals surface area (Å²) < 4.78 is 28.1. The minimum absolute atomic E-state index is 0.226. The Morgan fingerprint density at radius 1 is 1.40 bits per heavy atom. The van der Waals surface area contributed by atoms with Gasteiger partial charge in [-0.2, -0.15) is 5.10 Å². The molecule has 1 fully saturated rings. The quantitative estimate of drug-likeness (QED) is 0.679. The predicted molar refractivity (Wildman–Crippen MR) is 73.2 cm³/mol.